The van der Waals surface area contributed by atoms with Crippen LogP contribution in [-0.4, -0.2) is 87.6 Å². The van der Waals surface area contributed by atoms with E-state index in [0.29, 0.717) is 67.1 Å². The molecule has 1 amide bonds. The number of fused-ring (bicyclic) bond motifs is 1. The SMILES string of the molecule is Cc1cc(F)ccc1-c1cc(N2CC3CS(=O)(=O)CCN3C[C@H]2CCC(C)(C)[Si](C)(C)O)ncc1N(C)C(=O)C(C)(C)c1cc(C(F)(F)F)cc(C(F)(F)F)c1. The van der Waals surface area contributed by atoms with Gasteiger partial charge in [-0.2, -0.15) is 26.3 Å². The number of amides is 1. The third-order valence-electron chi connectivity index (χ3n) is 11.9. The molecule has 2 fully saturated rings. The normalized spacial score (nSPS) is 19.8. The second-order valence-electron chi connectivity index (χ2n) is 16.9. The van der Waals surface area contributed by atoms with Crippen LogP contribution >= 0.6 is 0 Å². The molecule has 1 unspecified atom stereocenters. The van der Waals surface area contributed by atoms with Crippen LogP contribution in [0.1, 0.15) is 62.8 Å². The van der Waals surface area contributed by atoms with Crippen molar-refractivity contribution in [1.82, 2.24) is 9.88 Å². The van der Waals surface area contributed by atoms with Gasteiger partial charge >= 0.3 is 12.4 Å². The average Bonchev–Trinajstić information content (AvgIpc) is 3.07. The number of halogens is 7. The maximum atomic E-state index is 14.4. The topological polar surface area (TPSA) is 94.1 Å². The number of likely N-dealkylation sites (N-methyl/N-ethyl adjacent to an activating group) is 1. The van der Waals surface area contributed by atoms with Crippen LogP contribution in [0.3, 0.4) is 0 Å². The average molecular weight is 831 g/mol. The molecule has 8 nitrogen and oxygen atoms in total. The third kappa shape index (κ3) is 9.10. The molecule has 1 N–H and O–H groups in total. The van der Waals surface area contributed by atoms with Gasteiger partial charge in [-0.05, 0) is 105 Å². The molecule has 5 rings (SSSR count). The van der Waals surface area contributed by atoms with E-state index in [0.717, 1.165) is 4.90 Å². The molecule has 56 heavy (non-hydrogen) atoms. The predicted molar refractivity (Wildman–Crippen MR) is 205 cm³/mol. The molecule has 1 aromatic heterocycles. The largest absolute Gasteiger partial charge is 0.432 e. The summed E-state index contributed by atoms with van der Waals surface area (Å²) in [5.41, 5.74) is -3.98. The fourth-order valence-electron chi connectivity index (χ4n) is 7.41. The van der Waals surface area contributed by atoms with Crippen LogP contribution in [0.4, 0.5) is 42.2 Å². The van der Waals surface area contributed by atoms with Crippen LogP contribution in [0, 0.1) is 12.7 Å². The quantitative estimate of drug-likeness (QED) is 0.172. The van der Waals surface area contributed by atoms with Gasteiger partial charge in [-0.3, -0.25) is 9.69 Å². The fraction of sp³-hybridized carbons (Fsp3) is 0.538. The molecule has 2 atom stereocenters. The number of hydrogen-bond acceptors (Lipinski definition) is 7. The van der Waals surface area contributed by atoms with E-state index in [4.69, 9.17) is 4.98 Å². The standard InChI is InChI=1S/C39H49F7N4O4SSi/c1-24-15-28(40)9-10-31(24)32-19-34(50-22-30-23-55(52,53)14-13-49(30)21-29(50)11-12-36(2,3)56(7,8)54)47-20-33(32)48(6)35(51)37(4,5)25-16-26(38(41,42)43)18-27(17-25)39(44,45)46/h9-10,15-20,29-30,54H,11-14,21-23H2,1-8H3/t29-,30?/m1/s1. The molecule has 0 radical (unpaired) electrons. The molecule has 0 bridgehead atoms. The lowest BCUT2D eigenvalue weighted by atomic mass is 9.81. The number of hydrogen-bond donors (Lipinski definition) is 1. The monoisotopic (exact) mass is 830 g/mol. The maximum absolute atomic E-state index is 14.4. The number of anilines is 2. The zero-order chi connectivity index (χ0) is 42.0. The van der Waals surface area contributed by atoms with Gasteiger partial charge in [0.05, 0.1) is 39.9 Å². The van der Waals surface area contributed by atoms with Crippen molar-refractivity contribution in [3.05, 3.63) is 76.7 Å². The fourth-order valence-corrected chi connectivity index (χ4v) is 9.75. The van der Waals surface area contributed by atoms with Crippen LogP contribution < -0.4 is 9.80 Å². The van der Waals surface area contributed by atoms with Gasteiger partial charge in [0, 0.05) is 44.3 Å². The lowest BCUT2D eigenvalue weighted by Crippen LogP contribution is -2.63. The van der Waals surface area contributed by atoms with Crippen molar-refractivity contribution in [2.45, 2.75) is 95.4 Å². The third-order valence-corrected chi connectivity index (χ3v) is 17.1. The van der Waals surface area contributed by atoms with E-state index < -0.39 is 64.3 Å². The maximum Gasteiger partial charge on any atom is 0.416 e. The van der Waals surface area contributed by atoms with Crippen molar-refractivity contribution in [3.63, 3.8) is 0 Å². The van der Waals surface area contributed by atoms with Crippen molar-refractivity contribution in [3.8, 4) is 11.1 Å². The first kappa shape index (κ1) is 43.6. The highest BCUT2D eigenvalue weighted by Crippen LogP contribution is 2.44. The van der Waals surface area contributed by atoms with E-state index in [9.17, 15) is 48.7 Å². The van der Waals surface area contributed by atoms with Crippen molar-refractivity contribution in [2.75, 3.05) is 48.0 Å². The minimum Gasteiger partial charge on any atom is -0.432 e. The zero-order valence-electron chi connectivity index (χ0n) is 32.7. The van der Waals surface area contributed by atoms with Gasteiger partial charge in [0.2, 0.25) is 5.91 Å². The first-order valence-electron chi connectivity index (χ1n) is 18.3. The molecule has 3 heterocycles. The summed E-state index contributed by atoms with van der Waals surface area (Å²) in [6.07, 6.45) is -7.54. The van der Waals surface area contributed by atoms with Gasteiger partial charge in [0.15, 0.2) is 18.2 Å². The van der Waals surface area contributed by atoms with Crippen molar-refractivity contribution >= 4 is 35.6 Å². The Balaban J connectivity index is 1.61. The number of carbonyl (C=O) groups is 1. The highest BCUT2D eigenvalue weighted by Gasteiger charge is 2.44. The van der Waals surface area contributed by atoms with Gasteiger partial charge in [-0.25, -0.2) is 17.8 Å². The predicted octanol–water partition coefficient (Wildman–Crippen LogP) is 8.22. The van der Waals surface area contributed by atoms with Crippen LogP contribution in [0.25, 0.3) is 11.1 Å². The van der Waals surface area contributed by atoms with Crippen LogP contribution in [0.15, 0.2) is 48.7 Å². The summed E-state index contributed by atoms with van der Waals surface area (Å²) in [7, 11) is -4.54. The molecular formula is C39H49F7N4O4SSi. The van der Waals surface area contributed by atoms with Gasteiger partial charge in [-0.1, -0.05) is 19.9 Å². The Labute approximate surface area is 324 Å². The van der Waals surface area contributed by atoms with Crippen LogP contribution in [-0.2, 0) is 32.4 Å². The molecule has 2 aliphatic rings. The number of benzene rings is 2. The Bertz CT molecular complexity index is 2050. The van der Waals surface area contributed by atoms with E-state index in [1.54, 1.807) is 13.0 Å². The van der Waals surface area contributed by atoms with Crippen LogP contribution in [0.5, 0.6) is 0 Å². The van der Waals surface area contributed by atoms with E-state index in [1.807, 2.05) is 31.8 Å². The summed E-state index contributed by atoms with van der Waals surface area (Å²) in [6, 6.07) is 6.34. The molecule has 308 valence electrons. The molecular weight excluding hydrogens is 782 g/mol. The zero-order valence-corrected chi connectivity index (χ0v) is 34.6. The first-order chi connectivity index (χ1) is 25.5. The Kier molecular flexibility index (Phi) is 11.7. The number of sulfone groups is 1. The number of carbonyl (C=O) groups excluding carboxylic acids is 1. The summed E-state index contributed by atoms with van der Waals surface area (Å²) >= 11 is 0. The van der Waals surface area contributed by atoms with Gasteiger partial charge in [0.25, 0.3) is 0 Å². The summed E-state index contributed by atoms with van der Waals surface area (Å²) in [5, 5.41) is -0.356. The van der Waals surface area contributed by atoms with E-state index in [-0.39, 0.29) is 40.4 Å². The molecule has 2 aliphatic heterocycles. The molecule has 0 saturated carbocycles. The second-order valence-corrected chi connectivity index (χ2v) is 23.6. The molecule has 3 aromatic rings. The smallest absolute Gasteiger partial charge is 0.416 e. The summed E-state index contributed by atoms with van der Waals surface area (Å²) in [4.78, 5) is 35.4. The molecule has 2 saturated heterocycles. The first-order valence-corrected chi connectivity index (χ1v) is 23.1. The number of nitrogens with zero attached hydrogens (tertiary/aromatic N) is 4. The van der Waals surface area contributed by atoms with Gasteiger partial charge in [-0.15, -0.1) is 0 Å². The molecule has 2 aromatic carbocycles. The number of alkyl halides is 6. The Morgan fingerprint density at radius 3 is 2.07 bits per heavy atom. The molecule has 0 spiro atoms. The molecule has 0 aliphatic carbocycles. The van der Waals surface area contributed by atoms with E-state index >= 15 is 0 Å². The van der Waals surface area contributed by atoms with Crippen molar-refractivity contribution < 1.29 is 48.7 Å². The second kappa shape index (κ2) is 15.0. The Hall–Kier alpha value is -3.54. The number of aryl methyl sites for hydroxylation is 1. The molecule has 17 heteroatoms. The Morgan fingerprint density at radius 1 is 0.929 bits per heavy atom. The minimum atomic E-state index is -5.12. The Morgan fingerprint density at radius 2 is 1.52 bits per heavy atom. The number of piperazine rings is 1. The summed E-state index contributed by atoms with van der Waals surface area (Å²) in [6.45, 7) is 13.2. The number of pyridine rings is 1. The summed E-state index contributed by atoms with van der Waals surface area (Å²) < 4.78 is 123. The summed E-state index contributed by atoms with van der Waals surface area (Å²) in [5.74, 6) is -0.916. The lowest BCUT2D eigenvalue weighted by molar-refractivity contribution is -0.143. The minimum absolute atomic E-state index is 0.00918. The highest BCUT2D eigenvalue weighted by molar-refractivity contribution is 7.91. The van der Waals surface area contributed by atoms with Gasteiger partial charge < -0.3 is 14.6 Å². The lowest BCUT2D eigenvalue weighted by Gasteiger charge is -2.49. The van der Waals surface area contributed by atoms with Crippen molar-refractivity contribution in [1.29, 1.82) is 0 Å². The van der Waals surface area contributed by atoms with Gasteiger partial charge in [0.1, 0.15) is 11.6 Å². The van der Waals surface area contributed by atoms with Crippen molar-refractivity contribution in [2.24, 2.45) is 0 Å². The van der Waals surface area contributed by atoms with E-state index in [1.165, 1.54) is 45.3 Å². The number of aromatic nitrogens is 1. The van der Waals surface area contributed by atoms with Crippen LogP contribution in [0.2, 0.25) is 18.1 Å². The number of rotatable bonds is 9. The highest BCUT2D eigenvalue weighted by atomic mass is 32.2. The van der Waals surface area contributed by atoms with E-state index in [2.05, 4.69) is 4.90 Å².